The van der Waals surface area contributed by atoms with Crippen LogP contribution in [0, 0.1) is 5.41 Å². The van der Waals surface area contributed by atoms with Gasteiger partial charge in [-0.25, -0.2) is 4.79 Å². The number of rotatable bonds is 2. The van der Waals surface area contributed by atoms with Gasteiger partial charge in [-0.05, 0) is 25.2 Å². The quantitative estimate of drug-likeness (QED) is 0.748. The van der Waals surface area contributed by atoms with E-state index < -0.39 is 12.0 Å². The van der Waals surface area contributed by atoms with Crippen LogP contribution in [0.5, 0.6) is 0 Å². The predicted molar refractivity (Wildman–Crippen MR) is 60.2 cm³/mol. The van der Waals surface area contributed by atoms with Gasteiger partial charge in [0.25, 0.3) is 0 Å². The van der Waals surface area contributed by atoms with Gasteiger partial charge in [0.15, 0.2) is 0 Å². The van der Waals surface area contributed by atoms with Gasteiger partial charge in [-0.3, -0.25) is 4.79 Å². The SMILES string of the molecule is CC(NC(=O)N1CCC(C)(C)CC1)C(=O)O. The molecule has 16 heavy (non-hydrogen) atoms. The molecule has 2 amide bonds. The number of carbonyl (C=O) groups is 2. The average Bonchev–Trinajstić information content (AvgIpc) is 2.17. The summed E-state index contributed by atoms with van der Waals surface area (Å²) in [5.41, 5.74) is 0.287. The number of piperidine rings is 1. The van der Waals surface area contributed by atoms with Gasteiger partial charge in [0.1, 0.15) is 6.04 Å². The number of hydrogen-bond donors (Lipinski definition) is 2. The van der Waals surface area contributed by atoms with Crippen LogP contribution in [0.25, 0.3) is 0 Å². The summed E-state index contributed by atoms with van der Waals surface area (Å²) in [6, 6.07) is -1.10. The first-order valence-electron chi connectivity index (χ1n) is 5.60. The lowest BCUT2D eigenvalue weighted by atomic mass is 9.83. The Morgan fingerprint density at radius 3 is 2.25 bits per heavy atom. The highest BCUT2D eigenvalue weighted by Gasteiger charge is 2.28. The molecule has 0 aromatic heterocycles. The molecular weight excluding hydrogens is 208 g/mol. The summed E-state index contributed by atoms with van der Waals surface area (Å²) in [7, 11) is 0. The fraction of sp³-hybridized carbons (Fsp3) is 0.818. The van der Waals surface area contributed by atoms with Crippen molar-refractivity contribution < 1.29 is 14.7 Å². The molecule has 0 radical (unpaired) electrons. The summed E-state index contributed by atoms with van der Waals surface area (Å²) in [6.45, 7) is 7.23. The molecule has 0 aliphatic carbocycles. The van der Waals surface area contributed by atoms with Crippen LogP contribution < -0.4 is 5.32 Å². The van der Waals surface area contributed by atoms with E-state index in [4.69, 9.17) is 5.11 Å². The van der Waals surface area contributed by atoms with Gasteiger partial charge in [0, 0.05) is 13.1 Å². The standard InChI is InChI=1S/C11H20N2O3/c1-8(9(14)15)12-10(16)13-6-4-11(2,3)5-7-13/h8H,4-7H2,1-3H3,(H,12,16)(H,14,15). The molecular formula is C11H20N2O3. The van der Waals surface area contributed by atoms with E-state index in [2.05, 4.69) is 19.2 Å². The topological polar surface area (TPSA) is 69.6 Å². The normalized spacial score (nSPS) is 21.3. The second-order valence-electron chi connectivity index (χ2n) is 5.16. The third kappa shape index (κ3) is 3.40. The van der Waals surface area contributed by atoms with Crippen LogP contribution >= 0.6 is 0 Å². The predicted octanol–water partition coefficient (Wildman–Crippen LogP) is 1.29. The summed E-state index contributed by atoms with van der Waals surface area (Å²) >= 11 is 0. The zero-order valence-electron chi connectivity index (χ0n) is 10.1. The van der Waals surface area contributed by atoms with Gasteiger partial charge in [0.2, 0.25) is 0 Å². The first kappa shape index (κ1) is 12.8. The van der Waals surface area contributed by atoms with Crippen molar-refractivity contribution in [1.82, 2.24) is 10.2 Å². The van der Waals surface area contributed by atoms with Crippen LogP contribution in [0.2, 0.25) is 0 Å². The second kappa shape index (κ2) is 4.72. The summed E-state index contributed by atoms with van der Waals surface area (Å²) in [4.78, 5) is 23.9. The maximum absolute atomic E-state index is 11.7. The van der Waals surface area contributed by atoms with Crippen LogP contribution in [-0.4, -0.2) is 41.1 Å². The van der Waals surface area contributed by atoms with Crippen molar-refractivity contribution in [3.8, 4) is 0 Å². The highest BCUT2D eigenvalue weighted by molar-refractivity contribution is 5.82. The monoisotopic (exact) mass is 228 g/mol. The number of aliphatic carboxylic acids is 1. The van der Waals surface area contributed by atoms with Gasteiger partial charge >= 0.3 is 12.0 Å². The molecule has 1 aliphatic rings. The fourth-order valence-electron chi connectivity index (χ4n) is 1.65. The molecule has 0 aromatic carbocycles. The lowest BCUT2D eigenvalue weighted by Crippen LogP contribution is -2.50. The third-order valence-electron chi connectivity index (χ3n) is 3.11. The zero-order valence-corrected chi connectivity index (χ0v) is 10.1. The van der Waals surface area contributed by atoms with Gasteiger partial charge < -0.3 is 15.3 Å². The van der Waals surface area contributed by atoms with Crippen molar-refractivity contribution >= 4 is 12.0 Å². The van der Waals surface area contributed by atoms with E-state index in [1.807, 2.05) is 0 Å². The summed E-state index contributed by atoms with van der Waals surface area (Å²) in [5, 5.41) is 11.1. The molecule has 2 N–H and O–H groups in total. The lowest BCUT2D eigenvalue weighted by molar-refractivity contribution is -0.138. The molecule has 1 aliphatic heterocycles. The van der Waals surface area contributed by atoms with E-state index in [-0.39, 0.29) is 11.4 Å². The Balaban J connectivity index is 2.42. The van der Waals surface area contributed by atoms with Crippen molar-refractivity contribution in [2.75, 3.05) is 13.1 Å². The van der Waals surface area contributed by atoms with Crippen molar-refractivity contribution in [3.05, 3.63) is 0 Å². The summed E-state index contributed by atoms with van der Waals surface area (Å²) in [6.07, 6.45) is 1.92. The number of carboxylic acid groups (broad SMARTS) is 1. The maximum Gasteiger partial charge on any atom is 0.325 e. The molecule has 0 aromatic rings. The molecule has 0 bridgehead atoms. The number of amides is 2. The molecule has 0 spiro atoms. The van der Waals surface area contributed by atoms with E-state index in [0.29, 0.717) is 13.1 Å². The Morgan fingerprint density at radius 1 is 1.31 bits per heavy atom. The average molecular weight is 228 g/mol. The van der Waals surface area contributed by atoms with Gasteiger partial charge in [-0.2, -0.15) is 0 Å². The van der Waals surface area contributed by atoms with Gasteiger partial charge in [0.05, 0.1) is 0 Å². The van der Waals surface area contributed by atoms with Crippen molar-refractivity contribution in [2.24, 2.45) is 5.41 Å². The minimum Gasteiger partial charge on any atom is -0.480 e. The van der Waals surface area contributed by atoms with E-state index in [0.717, 1.165) is 12.8 Å². The van der Waals surface area contributed by atoms with Crippen molar-refractivity contribution in [2.45, 2.75) is 39.7 Å². The summed E-state index contributed by atoms with van der Waals surface area (Å²) in [5.74, 6) is -1.01. The smallest absolute Gasteiger partial charge is 0.325 e. The second-order valence-corrected chi connectivity index (χ2v) is 5.16. The summed E-state index contributed by atoms with van der Waals surface area (Å²) < 4.78 is 0. The first-order chi connectivity index (χ1) is 7.32. The molecule has 1 fully saturated rings. The van der Waals surface area contributed by atoms with Crippen LogP contribution in [0.15, 0.2) is 0 Å². The van der Waals surface area contributed by atoms with Crippen LogP contribution in [0.3, 0.4) is 0 Å². The highest BCUT2D eigenvalue weighted by Crippen LogP contribution is 2.29. The van der Waals surface area contributed by atoms with Crippen LogP contribution in [0.1, 0.15) is 33.6 Å². The van der Waals surface area contributed by atoms with E-state index in [1.54, 1.807) is 4.90 Å². The number of likely N-dealkylation sites (tertiary alicyclic amines) is 1. The molecule has 92 valence electrons. The molecule has 5 heteroatoms. The molecule has 1 saturated heterocycles. The number of nitrogens with one attached hydrogen (secondary N) is 1. The van der Waals surface area contributed by atoms with Crippen LogP contribution in [-0.2, 0) is 4.79 Å². The van der Waals surface area contributed by atoms with Gasteiger partial charge in [-0.15, -0.1) is 0 Å². The Kier molecular flexibility index (Phi) is 3.78. The van der Waals surface area contributed by atoms with Crippen LogP contribution in [0.4, 0.5) is 4.79 Å². The molecule has 1 atom stereocenters. The largest absolute Gasteiger partial charge is 0.480 e. The maximum atomic E-state index is 11.7. The Hall–Kier alpha value is -1.26. The Bertz CT molecular complexity index is 279. The zero-order chi connectivity index (χ0) is 12.3. The lowest BCUT2D eigenvalue weighted by Gasteiger charge is -2.37. The molecule has 5 nitrogen and oxygen atoms in total. The first-order valence-corrected chi connectivity index (χ1v) is 5.60. The van der Waals surface area contributed by atoms with E-state index >= 15 is 0 Å². The molecule has 0 saturated carbocycles. The third-order valence-corrected chi connectivity index (χ3v) is 3.11. The minimum atomic E-state index is -1.01. The molecule has 1 rings (SSSR count). The van der Waals surface area contributed by atoms with E-state index in [9.17, 15) is 9.59 Å². The number of hydrogen-bond acceptors (Lipinski definition) is 2. The highest BCUT2D eigenvalue weighted by atomic mass is 16.4. The number of urea groups is 1. The Labute approximate surface area is 95.8 Å². The number of nitrogens with zero attached hydrogens (tertiary/aromatic N) is 1. The minimum absolute atomic E-state index is 0.273. The van der Waals surface area contributed by atoms with Gasteiger partial charge in [-0.1, -0.05) is 13.8 Å². The number of carboxylic acids is 1. The Morgan fingerprint density at radius 2 is 1.81 bits per heavy atom. The molecule has 1 unspecified atom stereocenters. The van der Waals surface area contributed by atoms with Crippen molar-refractivity contribution in [3.63, 3.8) is 0 Å². The fourth-order valence-corrected chi connectivity index (χ4v) is 1.65. The van der Waals surface area contributed by atoms with E-state index in [1.165, 1.54) is 6.92 Å². The number of carbonyl (C=O) groups excluding carboxylic acids is 1. The van der Waals surface area contributed by atoms with Crippen molar-refractivity contribution in [1.29, 1.82) is 0 Å². The molecule has 1 heterocycles.